The molecule has 4 nitrogen and oxygen atoms in total. The molecular weight excluding hydrogens is 608 g/mol. The van der Waals surface area contributed by atoms with Gasteiger partial charge >= 0.3 is 0 Å². The van der Waals surface area contributed by atoms with Crippen LogP contribution in [-0.2, 0) is 10.8 Å². The Bertz CT molecular complexity index is 1200. The fraction of sp³-hybridized carbons (Fsp3) is 0.438. The molecular formula is C32H36Br2O4. The topological polar surface area (TPSA) is 80.9 Å². The summed E-state index contributed by atoms with van der Waals surface area (Å²) >= 11 is 7.41. The summed E-state index contributed by atoms with van der Waals surface area (Å²) in [5, 5.41) is 39.4. The van der Waals surface area contributed by atoms with E-state index in [1.54, 1.807) is 0 Å². The number of hydrogen-bond donors (Lipinski definition) is 4. The van der Waals surface area contributed by atoms with E-state index in [-0.39, 0.29) is 37.3 Å². The van der Waals surface area contributed by atoms with Gasteiger partial charge in [-0.2, -0.15) is 0 Å². The summed E-state index contributed by atoms with van der Waals surface area (Å²) in [6, 6.07) is 17.8. The van der Waals surface area contributed by atoms with Crippen molar-refractivity contribution in [1.82, 2.24) is 0 Å². The molecule has 0 spiro atoms. The van der Waals surface area contributed by atoms with Gasteiger partial charge in [-0.25, -0.2) is 0 Å². The zero-order valence-corrected chi connectivity index (χ0v) is 24.8. The minimum atomic E-state index is -0.286. The third-order valence-corrected chi connectivity index (χ3v) is 9.80. The first-order valence-electron chi connectivity index (χ1n) is 13.7. The van der Waals surface area contributed by atoms with E-state index >= 15 is 0 Å². The Hall–Kier alpha value is -1.54. The third-order valence-electron chi connectivity index (χ3n) is 8.81. The molecule has 4 N–H and O–H groups in total. The Morgan fingerprint density at radius 1 is 0.447 bits per heavy atom. The molecule has 3 aromatic rings. The standard InChI is InChI=1S/C32H36Br2O4/c33-21-5-7-23-25-20-30-26(19-29(25)31(9-1-13-35,10-2-14-36)27(23)17-21)24-8-6-22(34)18-28(24)32(30,11-3-15-37)12-4-16-38/h5-8,17-20,35-38H,1-4,9-16H2. The molecule has 202 valence electrons. The minimum Gasteiger partial charge on any atom is -0.396 e. The lowest BCUT2D eigenvalue weighted by molar-refractivity contribution is 0.246. The van der Waals surface area contributed by atoms with Gasteiger partial charge in [-0.15, -0.1) is 0 Å². The highest BCUT2D eigenvalue weighted by Gasteiger charge is 2.47. The SMILES string of the molecule is OCCCC1(CCCO)c2cc(Br)ccc2-c2cc3c(cc21)-c1ccc(Br)cc1C3(CCCO)CCCO. The molecule has 0 atom stereocenters. The van der Waals surface area contributed by atoms with Gasteiger partial charge in [-0.1, -0.05) is 44.0 Å². The van der Waals surface area contributed by atoms with E-state index in [0.717, 1.165) is 34.6 Å². The maximum Gasteiger partial charge on any atom is 0.0431 e. The van der Waals surface area contributed by atoms with Gasteiger partial charge in [0.15, 0.2) is 0 Å². The normalized spacial score (nSPS) is 15.7. The summed E-state index contributed by atoms with van der Waals surface area (Å²) in [4.78, 5) is 0. The minimum absolute atomic E-state index is 0.132. The largest absolute Gasteiger partial charge is 0.396 e. The molecule has 2 aliphatic carbocycles. The van der Waals surface area contributed by atoms with Crippen LogP contribution in [0, 0.1) is 0 Å². The predicted octanol–water partition coefficient (Wildman–Crippen LogP) is 6.83. The van der Waals surface area contributed by atoms with Crippen molar-refractivity contribution in [3.05, 3.63) is 79.7 Å². The molecule has 2 aliphatic rings. The first kappa shape index (κ1) is 28.0. The van der Waals surface area contributed by atoms with Gasteiger partial charge in [0.1, 0.15) is 0 Å². The van der Waals surface area contributed by atoms with Gasteiger partial charge in [0, 0.05) is 46.2 Å². The average Bonchev–Trinajstić information content (AvgIpc) is 3.33. The first-order chi connectivity index (χ1) is 18.5. The van der Waals surface area contributed by atoms with Crippen LogP contribution >= 0.6 is 31.9 Å². The van der Waals surface area contributed by atoms with Crippen molar-refractivity contribution < 1.29 is 20.4 Å². The van der Waals surface area contributed by atoms with Crippen LogP contribution in [0.1, 0.15) is 73.6 Å². The van der Waals surface area contributed by atoms with E-state index in [9.17, 15) is 20.4 Å². The van der Waals surface area contributed by atoms with Crippen molar-refractivity contribution in [3.63, 3.8) is 0 Å². The molecule has 0 aliphatic heterocycles. The molecule has 0 saturated heterocycles. The van der Waals surface area contributed by atoms with E-state index < -0.39 is 0 Å². The van der Waals surface area contributed by atoms with Crippen molar-refractivity contribution in [1.29, 1.82) is 0 Å². The molecule has 0 heterocycles. The summed E-state index contributed by atoms with van der Waals surface area (Å²) in [7, 11) is 0. The van der Waals surface area contributed by atoms with Gasteiger partial charge in [-0.3, -0.25) is 0 Å². The van der Waals surface area contributed by atoms with E-state index in [1.807, 2.05) is 0 Å². The van der Waals surface area contributed by atoms with Crippen molar-refractivity contribution in [2.24, 2.45) is 0 Å². The molecule has 0 bridgehead atoms. The molecule has 0 saturated carbocycles. The van der Waals surface area contributed by atoms with Crippen molar-refractivity contribution in [2.45, 2.75) is 62.2 Å². The molecule has 0 unspecified atom stereocenters. The number of benzene rings is 3. The fourth-order valence-corrected chi connectivity index (χ4v) is 7.99. The smallest absolute Gasteiger partial charge is 0.0431 e. The lowest BCUT2D eigenvalue weighted by atomic mass is 9.69. The van der Waals surface area contributed by atoms with Crippen LogP contribution in [0.2, 0.25) is 0 Å². The molecule has 0 fully saturated rings. The van der Waals surface area contributed by atoms with Crippen molar-refractivity contribution in [2.75, 3.05) is 26.4 Å². The molecule has 0 radical (unpaired) electrons. The Morgan fingerprint density at radius 3 is 1.08 bits per heavy atom. The Kier molecular flexibility index (Phi) is 8.49. The van der Waals surface area contributed by atoms with Gasteiger partial charge in [0.25, 0.3) is 0 Å². The van der Waals surface area contributed by atoms with Crippen LogP contribution in [0.15, 0.2) is 57.5 Å². The van der Waals surface area contributed by atoms with Crippen molar-refractivity contribution in [3.8, 4) is 22.3 Å². The number of rotatable bonds is 12. The van der Waals surface area contributed by atoms with Crippen LogP contribution in [0.5, 0.6) is 0 Å². The summed E-state index contributed by atoms with van der Waals surface area (Å²) in [6.07, 6.45) is 6.00. The second-order valence-corrected chi connectivity index (χ2v) is 12.6. The Morgan fingerprint density at radius 2 is 0.763 bits per heavy atom. The second kappa shape index (κ2) is 11.5. The third kappa shape index (κ3) is 4.51. The number of aliphatic hydroxyl groups excluding tert-OH is 4. The van der Waals surface area contributed by atoms with Gasteiger partial charge in [-0.05, 0) is 132 Å². The zero-order chi connectivity index (χ0) is 26.9. The van der Waals surface area contributed by atoms with E-state index in [0.29, 0.717) is 25.7 Å². The van der Waals surface area contributed by atoms with E-state index in [2.05, 4.69) is 80.4 Å². The lowest BCUT2D eigenvalue weighted by Gasteiger charge is -2.34. The van der Waals surface area contributed by atoms with E-state index in [4.69, 9.17) is 0 Å². The summed E-state index contributed by atoms with van der Waals surface area (Å²) in [6.45, 7) is 0.527. The first-order valence-corrected chi connectivity index (χ1v) is 15.3. The summed E-state index contributed by atoms with van der Waals surface area (Å²) in [5.41, 5.74) is 9.41. The fourth-order valence-electron chi connectivity index (χ4n) is 7.27. The second-order valence-electron chi connectivity index (χ2n) is 10.8. The average molecular weight is 644 g/mol. The van der Waals surface area contributed by atoms with Crippen molar-refractivity contribution >= 4 is 31.9 Å². The lowest BCUT2D eigenvalue weighted by Crippen LogP contribution is -2.28. The Labute approximate surface area is 242 Å². The molecule has 0 aromatic heterocycles. The Balaban J connectivity index is 1.81. The maximum atomic E-state index is 9.86. The maximum absolute atomic E-state index is 9.86. The van der Waals surface area contributed by atoms with Crippen LogP contribution < -0.4 is 0 Å². The number of halogens is 2. The highest BCUT2D eigenvalue weighted by atomic mass is 79.9. The molecule has 38 heavy (non-hydrogen) atoms. The summed E-state index contributed by atoms with van der Waals surface area (Å²) < 4.78 is 2.06. The molecule has 6 heteroatoms. The van der Waals surface area contributed by atoms with Crippen LogP contribution in [0.25, 0.3) is 22.3 Å². The van der Waals surface area contributed by atoms with Crippen LogP contribution in [0.4, 0.5) is 0 Å². The molecule has 5 rings (SSSR count). The molecule has 3 aromatic carbocycles. The van der Waals surface area contributed by atoms with Gasteiger partial charge in [0.05, 0.1) is 0 Å². The number of fused-ring (bicyclic) bond motifs is 6. The highest BCUT2D eigenvalue weighted by molar-refractivity contribution is 9.10. The predicted molar refractivity (Wildman–Crippen MR) is 160 cm³/mol. The number of hydrogen-bond acceptors (Lipinski definition) is 4. The number of aliphatic hydroxyl groups is 4. The quantitative estimate of drug-likeness (QED) is 0.174. The zero-order valence-electron chi connectivity index (χ0n) is 21.6. The van der Waals surface area contributed by atoms with Crippen LogP contribution in [-0.4, -0.2) is 46.9 Å². The molecule has 0 amide bonds. The monoisotopic (exact) mass is 642 g/mol. The van der Waals surface area contributed by atoms with E-state index in [1.165, 1.54) is 44.5 Å². The summed E-state index contributed by atoms with van der Waals surface area (Å²) in [5.74, 6) is 0. The van der Waals surface area contributed by atoms with Gasteiger partial charge < -0.3 is 20.4 Å². The van der Waals surface area contributed by atoms with Gasteiger partial charge in [0.2, 0.25) is 0 Å². The van der Waals surface area contributed by atoms with Crippen LogP contribution in [0.3, 0.4) is 0 Å². The highest BCUT2D eigenvalue weighted by Crippen LogP contribution is 2.60.